The summed E-state index contributed by atoms with van der Waals surface area (Å²) in [4.78, 5) is 12.4. The van der Waals surface area contributed by atoms with Crippen LogP contribution in [-0.4, -0.2) is 17.9 Å². The number of alkyl halides is 3. The molecule has 2 aromatic rings. The predicted molar refractivity (Wildman–Crippen MR) is 96.6 cm³/mol. The molecule has 0 atom stereocenters. The first-order valence-electron chi connectivity index (χ1n) is 9.10. The van der Waals surface area contributed by atoms with Gasteiger partial charge in [-0.25, -0.2) is 4.79 Å². The second kappa shape index (κ2) is 8.12. The van der Waals surface area contributed by atoms with E-state index < -0.39 is 23.7 Å². The van der Waals surface area contributed by atoms with Gasteiger partial charge in [0.1, 0.15) is 11.4 Å². The summed E-state index contributed by atoms with van der Waals surface area (Å²) in [5.74, 6) is -0.951. The van der Waals surface area contributed by atoms with E-state index in [1.807, 2.05) is 6.92 Å². The van der Waals surface area contributed by atoms with Crippen molar-refractivity contribution in [1.82, 2.24) is 0 Å². The minimum Gasteiger partial charge on any atom is -0.484 e. The van der Waals surface area contributed by atoms with Crippen LogP contribution in [0.4, 0.5) is 13.2 Å². The Morgan fingerprint density at radius 2 is 1.64 bits per heavy atom. The Hall–Kier alpha value is -2.70. The van der Waals surface area contributed by atoms with Gasteiger partial charge in [-0.05, 0) is 62.9 Å². The number of halogens is 3. The molecule has 28 heavy (non-hydrogen) atoms. The minimum absolute atomic E-state index is 0.0767. The van der Waals surface area contributed by atoms with Gasteiger partial charge in [0.2, 0.25) is 0 Å². The van der Waals surface area contributed by atoms with E-state index in [-0.39, 0.29) is 11.3 Å². The molecule has 0 saturated heterocycles. The zero-order valence-corrected chi connectivity index (χ0v) is 15.4. The largest absolute Gasteiger partial charge is 0.573 e. The third-order valence-corrected chi connectivity index (χ3v) is 4.63. The smallest absolute Gasteiger partial charge is 0.484 e. The molecule has 4 nitrogen and oxygen atoms in total. The molecule has 150 valence electrons. The van der Waals surface area contributed by atoms with E-state index in [1.54, 1.807) is 30.3 Å². The number of carbonyl (C=O) groups is 1. The van der Waals surface area contributed by atoms with E-state index in [2.05, 4.69) is 4.74 Å². The maximum Gasteiger partial charge on any atom is 0.573 e. The normalized spacial score (nSPS) is 16.3. The van der Waals surface area contributed by atoms with E-state index in [1.165, 1.54) is 12.1 Å². The second-order valence-corrected chi connectivity index (χ2v) is 7.02. The number of esters is 1. The van der Waals surface area contributed by atoms with Crippen LogP contribution >= 0.6 is 0 Å². The summed E-state index contributed by atoms with van der Waals surface area (Å²) in [7, 11) is 0. The molecule has 2 aromatic carbocycles. The Kier molecular flexibility index (Phi) is 5.82. The summed E-state index contributed by atoms with van der Waals surface area (Å²) >= 11 is 0. The summed E-state index contributed by atoms with van der Waals surface area (Å²) in [6, 6.07) is 12.0. The van der Waals surface area contributed by atoms with Crippen molar-refractivity contribution in [1.29, 1.82) is 0 Å². The van der Waals surface area contributed by atoms with Gasteiger partial charge < -0.3 is 14.2 Å². The molecule has 3 rings (SSSR count). The van der Waals surface area contributed by atoms with Crippen LogP contribution in [0.1, 0.15) is 49.4 Å². The zero-order chi connectivity index (χ0) is 20.2. The Bertz CT molecular complexity index is 812. The Morgan fingerprint density at radius 1 is 0.964 bits per heavy atom. The quantitative estimate of drug-likeness (QED) is 0.467. The van der Waals surface area contributed by atoms with Crippen molar-refractivity contribution < 1.29 is 32.2 Å². The monoisotopic (exact) mass is 394 g/mol. The van der Waals surface area contributed by atoms with Crippen LogP contribution in [0.2, 0.25) is 0 Å². The van der Waals surface area contributed by atoms with Crippen molar-refractivity contribution in [2.45, 2.75) is 51.0 Å². The maximum absolute atomic E-state index is 12.8. The number of benzene rings is 2. The average Bonchev–Trinajstić information content (AvgIpc) is 2.63. The number of carbonyl (C=O) groups excluding carboxylic acids is 1. The highest BCUT2D eigenvalue weighted by Gasteiger charge is 2.35. The molecule has 0 N–H and O–H groups in total. The van der Waals surface area contributed by atoms with Crippen LogP contribution in [0.3, 0.4) is 0 Å². The summed E-state index contributed by atoms with van der Waals surface area (Å²) in [6.07, 6.45) is -0.496. The lowest BCUT2D eigenvalue weighted by Crippen LogP contribution is -2.35. The van der Waals surface area contributed by atoms with Crippen LogP contribution in [0.25, 0.3) is 0 Å². The van der Waals surface area contributed by atoms with Crippen LogP contribution in [0.15, 0.2) is 48.5 Å². The standard InChI is InChI=1S/C21H21F3O4/c1-20(12-6-3-7-13-20)27-18-14-15(10-11-17(18)28-21(22,23)24)19(25)26-16-8-4-2-5-9-16/h2,4-5,8-11,14H,3,6-7,12-13H2,1H3. The van der Waals surface area contributed by atoms with E-state index in [0.29, 0.717) is 5.75 Å². The van der Waals surface area contributed by atoms with Crippen molar-refractivity contribution in [3.05, 3.63) is 54.1 Å². The third kappa shape index (κ3) is 5.41. The van der Waals surface area contributed by atoms with Gasteiger partial charge in [0, 0.05) is 0 Å². The van der Waals surface area contributed by atoms with Crippen LogP contribution < -0.4 is 14.2 Å². The average molecular weight is 394 g/mol. The molecule has 1 aliphatic carbocycles. The van der Waals surface area contributed by atoms with Crippen molar-refractivity contribution in [2.75, 3.05) is 0 Å². The first-order valence-corrected chi connectivity index (χ1v) is 9.10. The number of hydrogen-bond acceptors (Lipinski definition) is 4. The predicted octanol–water partition coefficient (Wildman–Crippen LogP) is 5.91. The summed E-state index contributed by atoms with van der Waals surface area (Å²) in [5.41, 5.74) is -0.531. The van der Waals surface area contributed by atoms with Gasteiger partial charge in [-0.15, -0.1) is 13.2 Å². The van der Waals surface area contributed by atoms with Gasteiger partial charge in [-0.2, -0.15) is 0 Å². The molecule has 0 bridgehead atoms. The number of ether oxygens (including phenoxy) is 3. The Morgan fingerprint density at radius 3 is 2.29 bits per heavy atom. The molecule has 0 heterocycles. The molecule has 0 aromatic heterocycles. The Balaban J connectivity index is 1.87. The van der Waals surface area contributed by atoms with Gasteiger partial charge >= 0.3 is 12.3 Å². The summed E-state index contributed by atoms with van der Waals surface area (Å²) in [6.45, 7) is 1.86. The van der Waals surface area contributed by atoms with E-state index >= 15 is 0 Å². The van der Waals surface area contributed by atoms with Crippen molar-refractivity contribution >= 4 is 5.97 Å². The molecular weight excluding hydrogens is 373 g/mol. The summed E-state index contributed by atoms with van der Waals surface area (Å²) in [5, 5.41) is 0. The molecule has 7 heteroatoms. The fraction of sp³-hybridized carbons (Fsp3) is 0.381. The van der Waals surface area contributed by atoms with Gasteiger partial charge in [-0.1, -0.05) is 24.6 Å². The molecule has 1 saturated carbocycles. The maximum atomic E-state index is 12.8. The molecule has 1 fully saturated rings. The highest BCUT2D eigenvalue weighted by molar-refractivity contribution is 5.91. The first-order chi connectivity index (χ1) is 13.2. The molecule has 1 aliphatic rings. The van der Waals surface area contributed by atoms with Gasteiger partial charge in [0.05, 0.1) is 5.56 Å². The van der Waals surface area contributed by atoms with Crippen LogP contribution in [0.5, 0.6) is 17.2 Å². The molecule has 0 aliphatic heterocycles. The van der Waals surface area contributed by atoms with E-state index in [9.17, 15) is 18.0 Å². The summed E-state index contributed by atoms with van der Waals surface area (Å²) < 4.78 is 53.6. The number of para-hydroxylation sites is 1. The number of hydrogen-bond donors (Lipinski definition) is 0. The lowest BCUT2D eigenvalue weighted by atomic mass is 9.86. The van der Waals surface area contributed by atoms with Crippen molar-refractivity contribution in [2.24, 2.45) is 0 Å². The van der Waals surface area contributed by atoms with Crippen LogP contribution in [-0.2, 0) is 0 Å². The molecule has 0 amide bonds. The first kappa shape index (κ1) is 20.0. The SMILES string of the molecule is CC1(Oc2cc(C(=O)Oc3ccccc3)ccc2OC(F)(F)F)CCCCC1. The van der Waals surface area contributed by atoms with E-state index in [4.69, 9.17) is 9.47 Å². The van der Waals surface area contributed by atoms with E-state index in [0.717, 1.165) is 38.2 Å². The van der Waals surface area contributed by atoms with Crippen molar-refractivity contribution in [3.8, 4) is 17.2 Å². The fourth-order valence-corrected chi connectivity index (χ4v) is 3.25. The zero-order valence-electron chi connectivity index (χ0n) is 15.4. The molecule has 0 spiro atoms. The van der Waals surface area contributed by atoms with Crippen molar-refractivity contribution in [3.63, 3.8) is 0 Å². The second-order valence-electron chi connectivity index (χ2n) is 7.02. The molecular formula is C21H21F3O4. The van der Waals surface area contributed by atoms with Gasteiger partial charge in [0.15, 0.2) is 11.5 Å². The Labute approximate surface area is 161 Å². The third-order valence-electron chi connectivity index (χ3n) is 4.63. The fourth-order valence-electron chi connectivity index (χ4n) is 3.25. The van der Waals surface area contributed by atoms with Gasteiger partial charge in [0.25, 0.3) is 0 Å². The lowest BCUT2D eigenvalue weighted by Gasteiger charge is -2.34. The molecule has 0 unspecified atom stereocenters. The minimum atomic E-state index is -4.86. The van der Waals surface area contributed by atoms with Crippen LogP contribution in [0, 0.1) is 0 Å². The highest BCUT2D eigenvalue weighted by atomic mass is 19.4. The van der Waals surface area contributed by atoms with Gasteiger partial charge in [-0.3, -0.25) is 0 Å². The highest BCUT2D eigenvalue weighted by Crippen LogP contribution is 2.39. The molecule has 0 radical (unpaired) electrons. The lowest BCUT2D eigenvalue weighted by molar-refractivity contribution is -0.275. The number of rotatable bonds is 5. The topological polar surface area (TPSA) is 44.8 Å².